The van der Waals surface area contributed by atoms with Crippen LogP contribution in [-0.4, -0.2) is 47.3 Å². The van der Waals surface area contributed by atoms with E-state index in [1.807, 2.05) is 0 Å². The van der Waals surface area contributed by atoms with E-state index in [0.29, 0.717) is 0 Å². The van der Waals surface area contributed by atoms with E-state index < -0.39 is 11.9 Å². The van der Waals surface area contributed by atoms with Crippen molar-refractivity contribution in [1.29, 1.82) is 0 Å². The molecule has 74 valence electrons. The normalized spacial score (nSPS) is 8.62. The van der Waals surface area contributed by atoms with Crippen LogP contribution >= 0.6 is 0 Å². The van der Waals surface area contributed by atoms with Gasteiger partial charge in [0.15, 0.2) is 0 Å². The number of esters is 2. The van der Waals surface area contributed by atoms with Crippen LogP contribution in [0.15, 0.2) is 12.2 Å². The molecule has 5 heteroatoms. The third kappa shape index (κ3) is 14.3. The molecule has 0 amide bonds. The number of carbonyl (C=O) groups excluding carboxylic acids is 2. The quantitative estimate of drug-likeness (QED) is 0.427. The summed E-state index contributed by atoms with van der Waals surface area (Å²) in [6.45, 7) is 0. The Balaban J connectivity index is 0. The van der Waals surface area contributed by atoms with E-state index in [1.54, 1.807) is 0 Å². The number of rotatable bonds is 2. The number of hydrogen-bond donors (Lipinski definition) is 0. The van der Waals surface area contributed by atoms with Gasteiger partial charge in [-0.3, -0.25) is 0 Å². The van der Waals surface area contributed by atoms with Crippen molar-refractivity contribution in [2.24, 2.45) is 0 Å². The van der Waals surface area contributed by atoms with E-state index in [4.69, 9.17) is 0 Å². The Bertz CT molecular complexity index is 159. The van der Waals surface area contributed by atoms with E-state index in [2.05, 4.69) is 19.4 Å². The molecule has 0 bridgehead atoms. The SMILES string of the molecule is COC(=O)C=CC(=O)OC.[CH3][Sn][CH3]. The summed E-state index contributed by atoms with van der Waals surface area (Å²) in [7, 11) is 2.45. The molecule has 0 unspecified atom stereocenters. The Hall–Kier alpha value is -0.521. The minimum absolute atomic E-state index is 0.230. The first-order chi connectivity index (χ1) is 6.12. The van der Waals surface area contributed by atoms with Crippen molar-refractivity contribution in [3.63, 3.8) is 0 Å². The number of hydrogen-bond acceptors (Lipinski definition) is 4. The maximum atomic E-state index is 10.3. The van der Waals surface area contributed by atoms with Gasteiger partial charge in [-0.1, -0.05) is 0 Å². The maximum absolute atomic E-state index is 10.3. The third-order valence-corrected chi connectivity index (χ3v) is 0.758. The predicted molar refractivity (Wildman–Crippen MR) is 50.7 cm³/mol. The van der Waals surface area contributed by atoms with Crippen LogP contribution in [0, 0.1) is 0 Å². The molecule has 0 aliphatic carbocycles. The molecule has 0 heterocycles. The van der Waals surface area contributed by atoms with Gasteiger partial charge < -0.3 is 9.47 Å². The average Bonchev–Trinajstić information content (AvgIpc) is 2.14. The number of ether oxygens (including phenoxy) is 2. The molecular weight excluding hydrogens is 279 g/mol. The molecule has 0 atom stereocenters. The molecular formula is C8H14O4Sn. The fraction of sp³-hybridized carbons (Fsp3) is 0.500. The second kappa shape index (κ2) is 11.5. The van der Waals surface area contributed by atoms with E-state index in [1.165, 1.54) is 14.2 Å². The molecule has 0 aliphatic rings. The van der Waals surface area contributed by atoms with E-state index >= 15 is 0 Å². The summed E-state index contributed by atoms with van der Waals surface area (Å²) >= 11 is 0.230. The fourth-order valence-corrected chi connectivity index (χ4v) is 0.272. The summed E-state index contributed by atoms with van der Waals surface area (Å²) in [5, 5.41) is 0. The number of methoxy groups -OCH3 is 2. The topological polar surface area (TPSA) is 52.6 Å². The van der Waals surface area contributed by atoms with Crippen molar-refractivity contribution in [3.8, 4) is 0 Å². The molecule has 13 heavy (non-hydrogen) atoms. The van der Waals surface area contributed by atoms with Crippen molar-refractivity contribution in [2.45, 2.75) is 9.88 Å². The summed E-state index contributed by atoms with van der Waals surface area (Å²) < 4.78 is 8.42. The van der Waals surface area contributed by atoms with Crippen molar-refractivity contribution in [1.82, 2.24) is 0 Å². The molecule has 0 aromatic rings. The van der Waals surface area contributed by atoms with Gasteiger partial charge in [-0.05, 0) is 0 Å². The Morgan fingerprint density at radius 3 is 1.38 bits per heavy atom. The second-order valence-corrected chi connectivity index (χ2v) is 4.73. The van der Waals surface area contributed by atoms with Crippen LogP contribution in [0.3, 0.4) is 0 Å². The molecule has 4 nitrogen and oxygen atoms in total. The van der Waals surface area contributed by atoms with Crippen LogP contribution in [0.1, 0.15) is 0 Å². The van der Waals surface area contributed by atoms with Crippen molar-refractivity contribution in [2.75, 3.05) is 14.2 Å². The molecule has 0 N–H and O–H groups in total. The van der Waals surface area contributed by atoms with Crippen molar-refractivity contribution in [3.05, 3.63) is 12.2 Å². The molecule has 0 aromatic carbocycles. The van der Waals surface area contributed by atoms with E-state index in [0.717, 1.165) is 12.2 Å². The van der Waals surface area contributed by atoms with Crippen LogP contribution in [0.4, 0.5) is 0 Å². The molecule has 0 fully saturated rings. The molecule has 0 saturated heterocycles. The van der Waals surface area contributed by atoms with Gasteiger partial charge in [0, 0.05) is 12.2 Å². The zero-order chi connectivity index (χ0) is 10.7. The zero-order valence-corrected chi connectivity index (χ0v) is 11.1. The summed E-state index contributed by atoms with van der Waals surface area (Å²) in [6, 6.07) is 0. The van der Waals surface area contributed by atoms with Gasteiger partial charge in [-0.15, -0.1) is 0 Å². The molecule has 0 spiro atoms. The van der Waals surface area contributed by atoms with Crippen LogP contribution in [-0.2, 0) is 19.1 Å². The molecule has 0 rings (SSSR count). The Morgan fingerprint density at radius 2 is 1.23 bits per heavy atom. The van der Waals surface area contributed by atoms with Gasteiger partial charge in [0.2, 0.25) is 0 Å². The molecule has 0 aliphatic heterocycles. The zero-order valence-electron chi connectivity index (χ0n) is 8.29. The minimum atomic E-state index is -0.578. The van der Waals surface area contributed by atoms with Crippen molar-refractivity contribution < 1.29 is 19.1 Å². The Labute approximate surface area is 88.5 Å². The first-order valence-electron chi connectivity index (χ1n) is 3.54. The fourth-order valence-electron chi connectivity index (χ4n) is 0.272. The van der Waals surface area contributed by atoms with E-state index in [-0.39, 0.29) is 21.1 Å². The first-order valence-corrected chi connectivity index (χ1v) is 9.25. The molecule has 2 radical (unpaired) electrons. The molecule has 0 aromatic heterocycles. The standard InChI is InChI=1S/C6H8O4.2CH3.Sn/c1-9-5(7)3-4-6(8)10-2;;;/h3-4H,1-2H3;2*1H3;. The summed E-state index contributed by atoms with van der Waals surface area (Å²) in [4.78, 5) is 25.2. The average molecular weight is 293 g/mol. The Morgan fingerprint density at radius 1 is 1.00 bits per heavy atom. The summed E-state index contributed by atoms with van der Waals surface area (Å²) in [5.41, 5.74) is 0. The van der Waals surface area contributed by atoms with Crippen LogP contribution in [0.5, 0.6) is 0 Å². The monoisotopic (exact) mass is 294 g/mol. The predicted octanol–water partition coefficient (Wildman–Crippen LogP) is 0.675. The van der Waals surface area contributed by atoms with Crippen LogP contribution in [0.25, 0.3) is 0 Å². The number of carbonyl (C=O) groups is 2. The summed E-state index contributed by atoms with van der Waals surface area (Å²) in [6.07, 6.45) is 1.98. The van der Waals surface area contributed by atoms with Gasteiger partial charge in [-0.2, -0.15) is 0 Å². The van der Waals surface area contributed by atoms with Gasteiger partial charge in [0.25, 0.3) is 0 Å². The van der Waals surface area contributed by atoms with Crippen molar-refractivity contribution >= 4 is 33.1 Å². The Kier molecular flexibility index (Phi) is 13.2. The van der Waals surface area contributed by atoms with Gasteiger partial charge in [0.05, 0.1) is 14.2 Å². The van der Waals surface area contributed by atoms with Gasteiger partial charge in [-0.25, -0.2) is 9.59 Å². The third-order valence-electron chi connectivity index (χ3n) is 0.758. The molecule has 0 saturated carbocycles. The van der Waals surface area contributed by atoms with Crippen LogP contribution in [0.2, 0.25) is 9.88 Å². The second-order valence-electron chi connectivity index (χ2n) is 1.88. The summed E-state index contributed by atoms with van der Waals surface area (Å²) in [5.74, 6) is -1.16. The van der Waals surface area contributed by atoms with Crippen LogP contribution < -0.4 is 0 Å². The van der Waals surface area contributed by atoms with Gasteiger partial charge >= 0.3 is 43.0 Å². The van der Waals surface area contributed by atoms with E-state index in [9.17, 15) is 9.59 Å². The first kappa shape index (κ1) is 15.0. The van der Waals surface area contributed by atoms with Gasteiger partial charge in [0.1, 0.15) is 0 Å².